The Morgan fingerprint density at radius 1 is 1.47 bits per heavy atom. The van der Waals surface area contributed by atoms with E-state index in [2.05, 4.69) is 4.72 Å². The quantitative estimate of drug-likeness (QED) is 0.658. The first kappa shape index (κ1) is 14.8. The van der Waals surface area contributed by atoms with E-state index in [0.717, 1.165) is 0 Å². The Labute approximate surface area is 97.2 Å². The Balaban J connectivity index is 4.35. The molecule has 5 nitrogen and oxygen atoms in total. The molecule has 0 aliphatic heterocycles. The van der Waals surface area contributed by atoms with Gasteiger partial charge >= 0.3 is 0 Å². The van der Waals surface area contributed by atoms with E-state index >= 15 is 0 Å². The highest BCUT2D eigenvalue weighted by Crippen LogP contribution is 2.02. The molecule has 0 saturated carbocycles. The summed E-state index contributed by atoms with van der Waals surface area (Å²) in [5.41, 5.74) is 5.38. The summed E-state index contributed by atoms with van der Waals surface area (Å²) < 4.78 is 27.0. The molecule has 15 heavy (non-hydrogen) atoms. The Morgan fingerprint density at radius 3 is 2.27 bits per heavy atom. The van der Waals surface area contributed by atoms with Crippen molar-refractivity contribution in [1.82, 2.24) is 9.03 Å². The molecule has 0 aliphatic carbocycles. The van der Waals surface area contributed by atoms with Crippen LogP contribution >= 0.6 is 12.2 Å². The zero-order chi connectivity index (χ0) is 12.2. The van der Waals surface area contributed by atoms with Crippen molar-refractivity contribution in [3.05, 3.63) is 0 Å². The number of nitrogens with one attached hydrogen (secondary N) is 1. The molecule has 0 spiro atoms. The van der Waals surface area contributed by atoms with E-state index in [-0.39, 0.29) is 18.5 Å². The largest absolute Gasteiger partial charge is 0.393 e. The second kappa shape index (κ2) is 5.74. The van der Waals surface area contributed by atoms with Crippen LogP contribution in [-0.4, -0.2) is 37.3 Å². The highest BCUT2D eigenvalue weighted by Gasteiger charge is 2.20. The Morgan fingerprint density at radius 2 is 1.93 bits per heavy atom. The third kappa shape index (κ3) is 4.87. The molecule has 3 N–H and O–H groups in total. The number of hydrogen-bond donors (Lipinski definition) is 2. The van der Waals surface area contributed by atoms with Crippen LogP contribution < -0.4 is 10.5 Å². The lowest BCUT2D eigenvalue weighted by atomic mass is 10.2. The molecule has 90 valence electrons. The van der Waals surface area contributed by atoms with E-state index in [4.69, 9.17) is 18.0 Å². The maximum Gasteiger partial charge on any atom is 0.279 e. The fourth-order valence-corrected chi connectivity index (χ4v) is 2.01. The molecule has 0 amide bonds. The van der Waals surface area contributed by atoms with Gasteiger partial charge in [-0.15, -0.1) is 0 Å². The molecular weight excluding hydrogens is 234 g/mol. The summed E-state index contributed by atoms with van der Waals surface area (Å²) in [6.07, 6.45) is 0. The molecule has 1 atom stereocenters. The van der Waals surface area contributed by atoms with Crippen molar-refractivity contribution in [3.8, 4) is 0 Å². The summed E-state index contributed by atoms with van der Waals surface area (Å²) >= 11 is 4.75. The van der Waals surface area contributed by atoms with Gasteiger partial charge in [-0.3, -0.25) is 0 Å². The lowest BCUT2D eigenvalue weighted by Crippen LogP contribution is -2.44. The Hall–Kier alpha value is -0.240. The molecule has 0 saturated heterocycles. The van der Waals surface area contributed by atoms with E-state index < -0.39 is 10.2 Å². The highest BCUT2D eigenvalue weighted by molar-refractivity contribution is 7.87. The molecule has 7 heteroatoms. The molecule has 0 rings (SSSR count). The van der Waals surface area contributed by atoms with Gasteiger partial charge in [-0.2, -0.15) is 12.7 Å². The van der Waals surface area contributed by atoms with E-state index in [1.165, 1.54) is 11.4 Å². The van der Waals surface area contributed by atoms with Gasteiger partial charge < -0.3 is 5.73 Å². The predicted octanol–water partition coefficient (Wildman–Crippen LogP) is 0.0832. The average molecular weight is 253 g/mol. The van der Waals surface area contributed by atoms with Crippen LogP contribution in [-0.2, 0) is 10.2 Å². The third-order valence-corrected chi connectivity index (χ3v) is 4.28. The normalized spacial score (nSPS) is 14.5. The van der Waals surface area contributed by atoms with Crippen molar-refractivity contribution in [2.75, 3.05) is 13.6 Å². The predicted molar refractivity (Wildman–Crippen MR) is 65.8 cm³/mol. The molecule has 0 aromatic heterocycles. The smallest absolute Gasteiger partial charge is 0.279 e. The van der Waals surface area contributed by atoms with Crippen LogP contribution in [0.15, 0.2) is 0 Å². The van der Waals surface area contributed by atoms with Gasteiger partial charge in [0, 0.05) is 25.6 Å². The lowest BCUT2D eigenvalue weighted by Gasteiger charge is -2.22. The number of nitrogens with zero attached hydrogens (tertiary/aromatic N) is 1. The zero-order valence-corrected chi connectivity index (χ0v) is 11.2. The van der Waals surface area contributed by atoms with E-state index in [1.54, 1.807) is 20.8 Å². The highest BCUT2D eigenvalue weighted by atomic mass is 32.2. The number of hydrogen-bond acceptors (Lipinski definition) is 3. The van der Waals surface area contributed by atoms with Gasteiger partial charge in [-0.1, -0.05) is 19.1 Å². The maximum absolute atomic E-state index is 11.6. The first-order valence-electron chi connectivity index (χ1n) is 4.70. The molecule has 0 aromatic rings. The molecule has 0 fully saturated rings. The van der Waals surface area contributed by atoms with Crippen molar-refractivity contribution in [2.45, 2.75) is 26.8 Å². The molecule has 1 unspecified atom stereocenters. The van der Waals surface area contributed by atoms with Crippen LogP contribution in [0.1, 0.15) is 20.8 Å². The number of rotatable bonds is 6. The zero-order valence-electron chi connectivity index (χ0n) is 9.52. The second-order valence-electron chi connectivity index (χ2n) is 3.77. The Kier molecular flexibility index (Phi) is 5.65. The van der Waals surface area contributed by atoms with Crippen LogP contribution in [0.2, 0.25) is 0 Å². The number of thiocarbonyl (C=S) groups is 1. The second-order valence-corrected chi connectivity index (χ2v) is 6.05. The SMILES string of the molecule is CC(CNS(=O)(=O)N(C)C(C)C)C(N)=S. The standard InChI is InChI=1S/C8H19N3O2S2/c1-6(2)11(4)15(12,13)10-5-7(3)8(9)14/h6-7,10H,5H2,1-4H3,(H2,9,14). The molecule has 0 aliphatic rings. The summed E-state index contributed by atoms with van der Waals surface area (Å²) in [5.74, 6) is -0.143. The molecular formula is C8H19N3O2S2. The van der Waals surface area contributed by atoms with Gasteiger partial charge in [-0.25, -0.2) is 4.72 Å². The van der Waals surface area contributed by atoms with Crippen molar-refractivity contribution < 1.29 is 8.42 Å². The lowest BCUT2D eigenvalue weighted by molar-refractivity contribution is 0.401. The topological polar surface area (TPSA) is 75.4 Å². The molecule has 0 heterocycles. The summed E-state index contributed by atoms with van der Waals surface area (Å²) in [7, 11) is -1.89. The van der Waals surface area contributed by atoms with Crippen LogP contribution in [0.25, 0.3) is 0 Å². The van der Waals surface area contributed by atoms with E-state index in [1.807, 2.05) is 0 Å². The van der Waals surface area contributed by atoms with Gasteiger partial charge in [0.2, 0.25) is 0 Å². The number of nitrogens with two attached hydrogens (primary N) is 1. The monoisotopic (exact) mass is 253 g/mol. The summed E-state index contributed by atoms with van der Waals surface area (Å²) in [6, 6.07) is -0.0809. The molecule has 0 bridgehead atoms. The van der Waals surface area contributed by atoms with Crippen LogP contribution in [0, 0.1) is 5.92 Å². The Bertz CT molecular complexity index is 314. The van der Waals surface area contributed by atoms with Gasteiger partial charge in [-0.05, 0) is 13.8 Å². The molecule has 0 radical (unpaired) electrons. The molecule has 0 aromatic carbocycles. The van der Waals surface area contributed by atoms with Crippen molar-refractivity contribution >= 4 is 27.4 Å². The minimum atomic E-state index is -3.42. The fraction of sp³-hybridized carbons (Fsp3) is 0.875. The summed E-state index contributed by atoms with van der Waals surface area (Å²) in [6.45, 7) is 5.61. The minimum Gasteiger partial charge on any atom is -0.393 e. The minimum absolute atomic E-state index is 0.0809. The van der Waals surface area contributed by atoms with Crippen molar-refractivity contribution in [3.63, 3.8) is 0 Å². The van der Waals surface area contributed by atoms with E-state index in [9.17, 15) is 8.42 Å². The summed E-state index contributed by atoms with van der Waals surface area (Å²) in [5, 5.41) is 0. The fourth-order valence-electron chi connectivity index (χ4n) is 0.710. The van der Waals surface area contributed by atoms with Crippen molar-refractivity contribution in [2.24, 2.45) is 11.7 Å². The maximum atomic E-state index is 11.6. The van der Waals surface area contributed by atoms with E-state index in [0.29, 0.717) is 4.99 Å². The van der Waals surface area contributed by atoms with Crippen LogP contribution in [0.3, 0.4) is 0 Å². The van der Waals surface area contributed by atoms with Crippen LogP contribution in [0.4, 0.5) is 0 Å². The third-order valence-electron chi connectivity index (χ3n) is 2.16. The van der Waals surface area contributed by atoms with Gasteiger partial charge in [0.15, 0.2) is 0 Å². The first-order chi connectivity index (χ1) is 6.68. The van der Waals surface area contributed by atoms with Gasteiger partial charge in [0.05, 0.1) is 4.99 Å². The van der Waals surface area contributed by atoms with Gasteiger partial charge in [0.25, 0.3) is 10.2 Å². The first-order valence-corrected chi connectivity index (χ1v) is 6.55. The summed E-state index contributed by atoms with van der Waals surface area (Å²) in [4.78, 5) is 0.310. The average Bonchev–Trinajstić information content (AvgIpc) is 2.12. The van der Waals surface area contributed by atoms with Crippen LogP contribution in [0.5, 0.6) is 0 Å². The van der Waals surface area contributed by atoms with Crippen molar-refractivity contribution in [1.29, 1.82) is 0 Å². The van der Waals surface area contributed by atoms with Gasteiger partial charge in [0.1, 0.15) is 0 Å².